The van der Waals surface area contributed by atoms with Crippen molar-refractivity contribution in [3.63, 3.8) is 0 Å². The van der Waals surface area contributed by atoms with E-state index >= 15 is 0 Å². The van der Waals surface area contributed by atoms with Crippen LogP contribution in [-0.2, 0) is 0 Å². The molecule has 0 saturated carbocycles. The molecule has 3 aromatic heterocycles. The molecule has 4 aromatic rings. The van der Waals surface area contributed by atoms with Gasteiger partial charge >= 0.3 is 0 Å². The fourth-order valence-electron chi connectivity index (χ4n) is 2.78. The lowest BCUT2D eigenvalue weighted by atomic mass is 10.0. The van der Waals surface area contributed by atoms with Gasteiger partial charge in [0.05, 0.1) is 17.1 Å². The van der Waals surface area contributed by atoms with Crippen molar-refractivity contribution >= 4 is 10.9 Å². The minimum Gasteiger partial charge on any atom is -0.438 e. The number of ether oxygens (including phenoxy) is 1. The number of hydrogen-bond acceptors (Lipinski definition) is 5. The van der Waals surface area contributed by atoms with E-state index in [9.17, 15) is 4.39 Å². The van der Waals surface area contributed by atoms with Crippen LogP contribution in [0.25, 0.3) is 22.0 Å². The number of pyridine rings is 1. The summed E-state index contributed by atoms with van der Waals surface area (Å²) < 4.78 is 20.4. The van der Waals surface area contributed by atoms with Gasteiger partial charge in [0.15, 0.2) is 0 Å². The molecule has 3 heterocycles. The molecule has 0 aliphatic rings. The lowest BCUT2D eigenvalue weighted by molar-refractivity contribution is 0.464. The van der Waals surface area contributed by atoms with Crippen LogP contribution < -0.4 is 4.74 Å². The van der Waals surface area contributed by atoms with Gasteiger partial charge < -0.3 is 4.74 Å². The Bertz CT molecular complexity index is 1060. The zero-order valence-corrected chi connectivity index (χ0v) is 13.6. The lowest BCUT2D eigenvalue weighted by Gasteiger charge is -2.11. The van der Waals surface area contributed by atoms with Crippen LogP contribution in [0.3, 0.4) is 0 Å². The van der Waals surface area contributed by atoms with Crippen LogP contribution in [0.1, 0.15) is 11.4 Å². The molecule has 0 spiro atoms. The number of nitrogens with zero attached hydrogens (tertiary/aromatic N) is 4. The molecule has 0 amide bonds. The van der Waals surface area contributed by atoms with E-state index in [1.165, 1.54) is 12.4 Å². The minimum atomic E-state index is -0.405. The number of nitrogens with one attached hydrogen (secondary N) is 1. The van der Waals surface area contributed by atoms with Gasteiger partial charge in [0.25, 0.3) is 0 Å². The smallest absolute Gasteiger partial charge is 0.230 e. The van der Waals surface area contributed by atoms with Gasteiger partial charge in [-0.15, -0.1) is 0 Å². The summed E-state index contributed by atoms with van der Waals surface area (Å²) in [5.41, 5.74) is 3.39. The largest absolute Gasteiger partial charge is 0.438 e. The second kappa shape index (κ2) is 5.94. The maximum Gasteiger partial charge on any atom is 0.230 e. The van der Waals surface area contributed by atoms with Crippen molar-refractivity contribution in [2.45, 2.75) is 13.8 Å². The summed E-state index contributed by atoms with van der Waals surface area (Å²) in [6.07, 6.45) is 4.70. The number of halogens is 1. The molecule has 0 aliphatic heterocycles. The van der Waals surface area contributed by atoms with Gasteiger partial charge in [0, 0.05) is 34.8 Å². The zero-order valence-electron chi connectivity index (χ0n) is 13.6. The predicted octanol–water partition coefficient (Wildman–Crippen LogP) is 3.96. The molecular weight excluding hydrogens is 321 g/mol. The van der Waals surface area contributed by atoms with Crippen molar-refractivity contribution in [1.82, 2.24) is 25.1 Å². The van der Waals surface area contributed by atoms with Crippen LogP contribution in [0.4, 0.5) is 4.39 Å². The fraction of sp³-hybridized carbons (Fsp3) is 0.111. The standard InChI is InChI=1S/C18H14FN5O/c1-10-17(11(2)22-9-21-10)13-4-3-12(7-15(13)19)25-18-14-8-23-24-16(14)5-6-20-18/h3-9H,1-2H3,(H,23,24). The summed E-state index contributed by atoms with van der Waals surface area (Å²) in [4.78, 5) is 12.5. The van der Waals surface area contributed by atoms with Gasteiger partial charge in [-0.25, -0.2) is 19.3 Å². The molecule has 0 bridgehead atoms. The van der Waals surface area contributed by atoms with Gasteiger partial charge in [0.2, 0.25) is 5.88 Å². The third kappa shape index (κ3) is 2.69. The highest BCUT2D eigenvalue weighted by Crippen LogP contribution is 2.32. The third-order valence-electron chi connectivity index (χ3n) is 3.98. The third-order valence-corrected chi connectivity index (χ3v) is 3.98. The average molecular weight is 335 g/mol. The summed E-state index contributed by atoms with van der Waals surface area (Å²) in [6, 6.07) is 6.49. The van der Waals surface area contributed by atoms with E-state index in [0.717, 1.165) is 22.3 Å². The van der Waals surface area contributed by atoms with Crippen LogP contribution in [0.5, 0.6) is 11.6 Å². The van der Waals surface area contributed by atoms with Crippen LogP contribution in [0, 0.1) is 19.7 Å². The van der Waals surface area contributed by atoms with Crippen LogP contribution in [0.2, 0.25) is 0 Å². The van der Waals surface area contributed by atoms with Crippen molar-refractivity contribution in [3.8, 4) is 22.8 Å². The molecule has 4 rings (SSSR count). The van der Waals surface area contributed by atoms with E-state index in [1.54, 1.807) is 30.6 Å². The number of H-pyrrole nitrogens is 1. The average Bonchev–Trinajstić information content (AvgIpc) is 3.06. The van der Waals surface area contributed by atoms with Crippen molar-refractivity contribution in [3.05, 3.63) is 60.2 Å². The van der Waals surface area contributed by atoms with E-state index in [-0.39, 0.29) is 0 Å². The number of benzene rings is 1. The Morgan fingerprint density at radius 3 is 2.60 bits per heavy atom. The maximum atomic E-state index is 14.7. The Labute approximate surface area is 142 Å². The SMILES string of the molecule is Cc1ncnc(C)c1-c1ccc(Oc2nccc3[nH]ncc23)cc1F. The summed E-state index contributed by atoms with van der Waals surface area (Å²) in [5.74, 6) is 0.321. The van der Waals surface area contributed by atoms with Crippen molar-refractivity contribution in [2.75, 3.05) is 0 Å². The van der Waals surface area contributed by atoms with E-state index < -0.39 is 5.82 Å². The van der Waals surface area contributed by atoms with Gasteiger partial charge in [-0.05, 0) is 32.0 Å². The number of aryl methyl sites for hydroxylation is 2. The summed E-state index contributed by atoms with van der Waals surface area (Å²) in [6.45, 7) is 3.66. The molecule has 25 heavy (non-hydrogen) atoms. The van der Waals surface area contributed by atoms with E-state index in [2.05, 4.69) is 25.1 Å². The second-order valence-corrected chi connectivity index (χ2v) is 5.61. The second-order valence-electron chi connectivity index (χ2n) is 5.61. The van der Waals surface area contributed by atoms with Crippen molar-refractivity contribution < 1.29 is 9.13 Å². The highest BCUT2D eigenvalue weighted by atomic mass is 19.1. The molecule has 1 aromatic carbocycles. The van der Waals surface area contributed by atoms with Gasteiger partial charge in [-0.3, -0.25) is 5.10 Å². The quantitative estimate of drug-likeness (QED) is 0.613. The summed E-state index contributed by atoms with van der Waals surface area (Å²) in [7, 11) is 0. The Morgan fingerprint density at radius 1 is 1.04 bits per heavy atom. The fourth-order valence-corrected chi connectivity index (χ4v) is 2.78. The molecule has 0 radical (unpaired) electrons. The zero-order chi connectivity index (χ0) is 17.4. The molecule has 0 saturated heterocycles. The highest BCUT2D eigenvalue weighted by Gasteiger charge is 2.14. The Morgan fingerprint density at radius 2 is 1.84 bits per heavy atom. The molecule has 124 valence electrons. The highest BCUT2D eigenvalue weighted by molar-refractivity contribution is 5.82. The van der Waals surface area contributed by atoms with Crippen LogP contribution in [-0.4, -0.2) is 25.1 Å². The number of aromatic nitrogens is 5. The van der Waals surface area contributed by atoms with E-state index in [0.29, 0.717) is 22.8 Å². The first-order chi connectivity index (χ1) is 12.1. The van der Waals surface area contributed by atoms with Gasteiger partial charge in [0.1, 0.15) is 17.9 Å². The molecule has 0 aliphatic carbocycles. The van der Waals surface area contributed by atoms with Crippen molar-refractivity contribution in [2.24, 2.45) is 0 Å². The number of rotatable bonds is 3. The maximum absolute atomic E-state index is 14.7. The molecule has 0 unspecified atom stereocenters. The molecule has 1 N–H and O–H groups in total. The van der Waals surface area contributed by atoms with E-state index in [4.69, 9.17) is 4.74 Å². The van der Waals surface area contributed by atoms with Crippen LogP contribution >= 0.6 is 0 Å². The lowest BCUT2D eigenvalue weighted by Crippen LogP contribution is -1.97. The van der Waals surface area contributed by atoms with Gasteiger partial charge in [-0.2, -0.15) is 5.10 Å². The number of hydrogen-bond donors (Lipinski definition) is 1. The molecule has 0 atom stereocenters. The summed E-state index contributed by atoms with van der Waals surface area (Å²) in [5, 5.41) is 7.54. The van der Waals surface area contributed by atoms with E-state index in [1.807, 2.05) is 13.8 Å². The first kappa shape index (κ1) is 15.2. The van der Waals surface area contributed by atoms with Crippen molar-refractivity contribution in [1.29, 1.82) is 0 Å². The molecule has 0 fully saturated rings. The summed E-state index contributed by atoms with van der Waals surface area (Å²) >= 11 is 0. The number of aromatic amines is 1. The molecule has 6 nitrogen and oxygen atoms in total. The first-order valence-electron chi connectivity index (χ1n) is 7.67. The Hall–Kier alpha value is -3.35. The van der Waals surface area contributed by atoms with Crippen LogP contribution in [0.15, 0.2) is 43.0 Å². The van der Waals surface area contributed by atoms with Gasteiger partial charge in [-0.1, -0.05) is 0 Å². The molecule has 7 heteroatoms. The first-order valence-corrected chi connectivity index (χ1v) is 7.67. The monoisotopic (exact) mass is 335 g/mol. The Kier molecular flexibility index (Phi) is 3.61. The topological polar surface area (TPSA) is 76.6 Å². The normalized spacial score (nSPS) is 11.0. The minimum absolute atomic E-state index is 0.356. The number of fused-ring (bicyclic) bond motifs is 1. The predicted molar refractivity (Wildman–Crippen MR) is 90.9 cm³/mol. The molecular formula is C18H14FN5O. The Balaban J connectivity index is 1.72.